The lowest BCUT2D eigenvalue weighted by Crippen LogP contribution is -2.24. The molecule has 0 aliphatic rings. The third-order valence-corrected chi connectivity index (χ3v) is 3.28. The second-order valence-corrected chi connectivity index (χ2v) is 4.92. The fourth-order valence-corrected chi connectivity index (χ4v) is 2.32. The standard InChI is InChI=1S/C16H21N3/c1-4-8-17-16(14-7-9-18-19-11-14)15-6-5-12(2)10-13(15)3/h5-7,9-11,16-17H,4,8H2,1-3H3. The minimum Gasteiger partial charge on any atom is -0.306 e. The Morgan fingerprint density at radius 2 is 2.00 bits per heavy atom. The van der Waals surface area contributed by atoms with Crippen LogP contribution in [0.15, 0.2) is 36.7 Å². The first-order valence-electron chi connectivity index (χ1n) is 6.79. The summed E-state index contributed by atoms with van der Waals surface area (Å²) in [6.45, 7) is 7.45. The summed E-state index contributed by atoms with van der Waals surface area (Å²) in [6.07, 6.45) is 4.70. The van der Waals surface area contributed by atoms with Crippen molar-refractivity contribution in [3.05, 3.63) is 58.9 Å². The SMILES string of the molecule is CCCNC(c1ccnnc1)c1ccc(C)cc1C. The largest absolute Gasteiger partial charge is 0.306 e. The second kappa shape index (κ2) is 6.43. The third kappa shape index (κ3) is 3.38. The zero-order valence-corrected chi connectivity index (χ0v) is 11.9. The Hall–Kier alpha value is -1.74. The van der Waals surface area contributed by atoms with E-state index in [0.717, 1.165) is 18.5 Å². The molecule has 1 atom stereocenters. The van der Waals surface area contributed by atoms with Crippen LogP contribution in [0.1, 0.15) is 41.6 Å². The summed E-state index contributed by atoms with van der Waals surface area (Å²) in [6, 6.07) is 8.82. The van der Waals surface area contributed by atoms with Gasteiger partial charge in [0.2, 0.25) is 0 Å². The van der Waals surface area contributed by atoms with E-state index >= 15 is 0 Å². The van der Waals surface area contributed by atoms with E-state index < -0.39 is 0 Å². The lowest BCUT2D eigenvalue weighted by Gasteiger charge is -2.21. The molecule has 1 unspecified atom stereocenters. The summed E-state index contributed by atoms with van der Waals surface area (Å²) in [5.74, 6) is 0. The molecule has 0 aliphatic carbocycles. The first kappa shape index (κ1) is 13.7. The van der Waals surface area contributed by atoms with Crippen molar-refractivity contribution in [1.82, 2.24) is 15.5 Å². The van der Waals surface area contributed by atoms with Crippen molar-refractivity contribution < 1.29 is 0 Å². The number of hydrogen-bond acceptors (Lipinski definition) is 3. The highest BCUT2D eigenvalue weighted by molar-refractivity contribution is 5.37. The van der Waals surface area contributed by atoms with Crippen molar-refractivity contribution in [3.8, 4) is 0 Å². The molecule has 0 saturated heterocycles. The van der Waals surface area contributed by atoms with E-state index in [-0.39, 0.29) is 6.04 Å². The first-order chi connectivity index (χ1) is 9.22. The molecule has 100 valence electrons. The summed E-state index contributed by atoms with van der Waals surface area (Å²) in [5.41, 5.74) is 5.08. The molecule has 1 heterocycles. The van der Waals surface area contributed by atoms with Crippen LogP contribution >= 0.6 is 0 Å². The van der Waals surface area contributed by atoms with Gasteiger partial charge in [0.25, 0.3) is 0 Å². The quantitative estimate of drug-likeness (QED) is 0.891. The number of benzene rings is 1. The topological polar surface area (TPSA) is 37.8 Å². The van der Waals surface area contributed by atoms with E-state index in [9.17, 15) is 0 Å². The summed E-state index contributed by atoms with van der Waals surface area (Å²) in [4.78, 5) is 0. The number of hydrogen-bond donors (Lipinski definition) is 1. The molecule has 0 aliphatic heterocycles. The molecule has 2 aromatic rings. The van der Waals surface area contributed by atoms with E-state index in [2.05, 4.69) is 54.5 Å². The molecule has 0 bridgehead atoms. The van der Waals surface area contributed by atoms with Gasteiger partial charge in [-0.2, -0.15) is 10.2 Å². The van der Waals surface area contributed by atoms with Crippen LogP contribution in [0.2, 0.25) is 0 Å². The first-order valence-corrected chi connectivity index (χ1v) is 6.79. The smallest absolute Gasteiger partial charge is 0.0595 e. The van der Waals surface area contributed by atoms with Gasteiger partial charge in [0.1, 0.15) is 0 Å². The molecule has 19 heavy (non-hydrogen) atoms. The van der Waals surface area contributed by atoms with Gasteiger partial charge in [0.15, 0.2) is 0 Å². The Kier molecular flexibility index (Phi) is 4.63. The molecule has 0 spiro atoms. The van der Waals surface area contributed by atoms with Crippen molar-refractivity contribution in [2.45, 2.75) is 33.2 Å². The number of nitrogens with zero attached hydrogens (tertiary/aromatic N) is 2. The van der Waals surface area contributed by atoms with Gasteiger partial charge in [-0.05, 0) is 49.6 Å². The highest BCUT2D eigenvalue weighted by Crippen LogP contribution is 2.24. The predicted octanol–water partition coefficient (Wildman–Crippen LogP) is 3.18. The maximum absolute atomic E-state index is 4.00. The van der Waals surface area contributed by atoms with Crippen LogP contribution in [0.25, 0.3) is 0 Å². The molecular formula is C16H21N3. The molecule has 0 fully saturated rings. The second-order valence-electron chi connectivity index (χ2n) is 4.92. The van der Waals surface area contributed by atoms with Crippen LogP contribution in [0.5, 0.6) is 0 Å². The maximum atomic E-state index is 4.00. The average molecular weight is 255 g/mol. The van der Waals surface area contributed by atoms with Crippen LogP contribution in [0, 0.1) is 13.8 Å². The maximum Gasteiger partial charge on any atom is 0.0595 e. The van der Waals surface area contributed by atoms with Crippen molar-refractivity contribution in [2.75, 3.05) is 6.54 Å². The third-order valence-electron chi connectivity index (χ3n) is 3.28. The Morgan fingerprint density at radius 1 is 1.16 bits per heavy atom. The molecule has 2 rings (SSSR count). The highest BCUT2D eigenvalue weighted by atomic mass is 15.1. The molecule has 3 nitrogen and oxygen atoms in total. The Bertz CT molecular complexity index is 523. The molecular weight excluding hydrogens is 234 g/mol. The van der Waals surface area contributed by atoms with Crippen LogP contribution in [0.3, 0.4) is 0 Å². The minimum absolute atomic E-state index is 0.191. The number of nitrogens with one attached hydrogen (secondary N) is 1. The van der Waals surface area contributed by atoms with Crippen LogP contribution < -0.4 is 5.32 Å². The molecule has 0 saturated carbocycles. The van der Waals surface area contributed by atoms with Crippen molar-refractivity contribution >= 4 is 0 Å². The summed E-state index contributed by atoms with van der Waals surface area (Å²) in [5, 5.41) is 11.5. The van der Waals surface area contributed by atoms with Crippen LogP contribution in [-0.2, 0) is 0 Å². The van der Waals surface area contributed by atoms with Gasteiger partial charge in [-0.25, -0.2) is 0 Å². The van der Waals surface area contributed by atoms with Crippen LogP contribution in [0.4, 0.5) is 0 Å². The van der Waals surface area contributed by atoms with Gasteiger partial charge in [-0.3, -0.25) is 0 Å². The van der Waals surface area contributed by atoms with Gasteiger partial charge in [0, 0.05) is 6.20 Å². The van der Waals surface area contributed by atoms with E-state index in [1.807, 2.05) is 12.3 Å². The molecule has 0 amide bonds. The summed E-state index contributed by atoms with van der Waals surface area (Å²) >= 11 is 0. The minimum atomic E-state index is 0.191. The fourth-order valence-electron chi connectivity index (χ4n) is 2.32. The zero-order valence-electron chi connectivity index (χ0n) is 11.9. The zero-order chi connectivity index (χ0) is 13.7. The highest BCUT2D eigenvalue weighted by Gasteiger charge is 2.15. The van der Waals surface area contributed by atoms with Gasteiger partial charge in [-0.15, -0.1) is 0 Å². The van der Waals surface area contributed by atoms with E-state index in [1.165, 1.54) is 16.7 Å². The number of aryl methyl sites for hydroxylation is 2. The number of rotatable bonds is 5. The Morgan fingerprint density at radius 3 is 2.63 bits per heavy atom. The van der Waals surface area contributed by atoms with Gasteiger partial charge in [-0.1, -0.05) is 30.7 Å². The lowest BCUT2D eigenvalue weighted by molar-refractivity contribution is 0.593. The Labute approximate surface area is 115 Å². The summed E-state index contributed by atoms with van der Waals surface area (Å²) in [7, 11) is 0. The van der Waals surface area contributed by atoms with Crippen molar-refractivity contribution in [3.63, 3.8) is 0 Å². The molecule has 1 N–H and O–H groups in total. The van der Waals surface area contributed by atoms with Gasteiger partial charge >= 0.3 is 0 Å². The van der Waals surface area contributed by atoms with Crippen molar-refractivity contribution in [1.29, 1.82) is 0 Å². The Balaban J connectivity index is 2.37. The average Bonchev–Trinajstić information content (AvgIpc) is 2.42. The molecule has 0 radical (unpaired) electrons. The normalized spacial score (nSPS) is 12.4. The lowest BCUT2D eigenvalue weighted by atomic mass is 9.95. The van der Waals surface area contributed by atoms with Gasteiger partial charge < -0.3 is 5.32 Å². The van der Waals surface area contributed by atoms with Crippen molar-refractivity contribution in [2.24, 2.45) is 0 Å². The van der Waals surface area contributed by atoms with E-state index in [4.69, 9.17) is 0 Å². The molecule has 1 aromatic heterocycles. The van der Waals surface area contributed by atoms with Gasteiger partial charge in [0.05, 0.1) is 12.2 Å². The van der Waals surface area contributed by atoms with E-state index in [1.54, 1.807) is 6.20 Å². The van der Waals surface area contributed by atoms with E-state index in [0.29, 0.717) is 0 Å². The molecule has 1 aromatic carbocycles. The summed E-state index contributed by atoms with van der Waals surface area (Å²) < 4.78 is 0. The van der Waals surface area contributed by atoms with Crippen LogP contribution in [-0.4, -0.2) is 16.7 Å². The number of aromatic nitrogens is 2. The monoisotopic (exact) mass is 255 g/mol. The predicted molar refractivity (Wildman–Crippen MR) is 78.1 cm³/mol. The fraction of sp³-hybridized carbons (Fsp3) is 0.375. The molecule has 3 heteroatoms.